The van der Waals surface area contributed by atoms with E-state index in [1.54, 1.807) is 0 Å². The molecule has 0 aromatic heterocycles. The Morgan fingerprint density at radius 3 is 2.87 bits per heavy atom. The molecule has 1 fully saturated rings. The number of carbonyl (C=O) groups excluding carboxylic acids is 1. The number of hydrogen-bond acceptors (Lipinski definition) is 3. The maximum absolute atomic E-state index is 11.3. The van der Waals surface area contributed by atoms with Gasteiger partial charge >= 0.3 is 0 Å². The Hall–Kier alpha value is -0.610. The molecule has 0 saturated heterocycles. The lowest BCUT2D eigenvalue weighted by Crippen LogP contribution is -2.29. The van der Waals surface area contributed by atoms with E-state index in [4.69, 9.17) is 4.74 Å². The molecule has 1 aliphatic rings. The van der Waals surface area contributed by atoms with Crippen molar-refractivity contribution in [2.24, 2.45) is 0 Å². The SMILES string of the molecule is CCOCCCNC(=O)CCNC1CC1. The number of hydrogen-bond donors (Lipinski definition) is 2. The maximum atomic E-state index is 11.3. The summed E-state index contributed by atoms with van der Waals surface area (Å²) < 4.78 is 5.17. The zero-order valence-electron chi connectivity index (χ0n) is 9.55. The van der Waals surface area contributed by atoms with Crippen LogP contribution in [0.2, 0.25) is 0 Å². The molecule has 2 N–H and O–H groups in total. The van der Waals surface area contributed by atoms with Gasteiger partial charge in [0.1, 0.15) is 0 Å². The molecule has 4 heteroatoms. The third kappa shape index (κ3) is 7.33. The van der Waals surface area contributed by atoms with Crippen molar-refractivity contribution in [3.63, 3.8) is 0 Å². The van der Waals surface area contributed by atoms with Crippen LogP contribution in [0.3, 0.4) is 0 Å². The van der Waals surface area contributed by atoms with E-state index in [-0.39, 0.29) is 5.91 Å². The molecular weight excluding hydrogens is 192 g/mol. The van der Waals surface area contributed by atoms with E-state index < -0.39 is 0 Å². The van der Waals surface area contributed by atoms with Crippen molar-refractivity contribution in [3.05, 3.63) is 0 Å². The summed E-state index contributed by atoms with van der Waals surface area (Å²) in [6.07, 6.45) is 4.03. The van der Waals surface area contributed by atoms with Crippen molar-refractivity contribution in [2.75, 3.05) is 26.3 Å². The summed E-state index contributed by atoms with van der Waals surface area (Å²) in [5.41, 5.74) is 0. The highest BCUT2D eigenvalue weighted by atomic mass is 16.5. The predicted octanol–water partition coefficient (Wildman–Crippen LogP) is 0.671. The van der Waals surface area contributed by atoms with Crippen LogP contribution >= 0.6 is 0 Å². The summed E-state index contributed by atoms with van der Waals surface area (Å²) >= 11 is 0. The van der Waals surface area contributed by atoms with E-state index >= 15 is 0 Å². The lowest BCUT2D eigenvalue weighted by Gasteiger charge is -2.05. The fourth-order valence-corrected chi connectivity index (χ4v) is 1.31. The molecule has 1 rings (SSSR count). The molecule has 15 heavy (non-hydrogen) atoms. The second-order valence-electron chi connectivity index (χ2n) is 3.88. The van der Waals surface area contributed by atoms with Crippen LogP contribution in [-0.4, -0.2) is 38.3 Å². The summed E-state index contributed by atoms with van der Waals surface area (Å²) in [6, 6.07) is 0.691. The highest BCUT2D eigenvalue weighted by Gasteiger charge is 2.19. The predicted molar refractivity (Wildman–Crippen MR) is 59.8 cm³/mol. The van der Waals surface area contributed by atoms with Gasteiger partial charge in [-0.1, -0.05) is 0 Å². The molecule has 1 saturated carbocycles. The third-order valence-electron chi connectivity index (χ3n) is 2.35. The molecular formula is C11H22N2O2. The standard InChI is InChI=1S/C11H22N2O2/c1-2-15-9-3-7-13-11(14)6-8-12-10-4-5-10/h10,12H,2-9H2,1H3,(H,13,14). The first-order valence-corrected chi connectivity index (χ1v) is 5.90. The zero-order valence-corrected chi connectivity index (χ0v) is 9.55. The van der Waals surface area contributed by atoms with E-state index in [0.29, 0.717) is 12.5 Å². The number of amides is 1. The second kappa shape index (κ2) is 7.65. The Balaban J connectivity index is 1.80. The third-order valence-corrected chi connectivity index (χ3v) is 2.35. The molecule has 4 nitrogen and oxygen atoms in total. The van der Waals surface area contributed by atoms with Crippen LogP contribution in [0, 0.1) is 0 Å². The largest absolute Gasteiger partial charge is 0.382 e. The summed E-state index contributed by atoms with van der Waals surface area (Å²) in [7, 11) is 0. The molecule has 0 heterocycles. The Morgan fingerprint density at radius 2 is 2.20 bits per heavy atom. The topological polar surface area (TPSA) is 50.4 Å². The highest BCUT2D eigenvalue weighted by Crippen LogP contribution is 2.18. The Labute approximate surface area is 91.8 Å². The monoisotopic (exact) mass is 214 g/mol. The number of carbonyl (C=O) groups is 1. The summed E-state index contributed by atoms with van der Waals surface area (Å²) in [4.78, 5) is 11.3. The lowest BCUT2D eigenvalue weighted by molar-refractivity contribution is -0.121. The average molecular weight is 214 g/mol. The molecule has 0 spiro atoms. The van der Waals surface area contributed by atoms with Crippen molar-refractivity contribution in [1.29, 1.82) is 0 Å². The highest BCUT2D eigenvalue weighted by molar-refractivity contribution is 5.75. The molecule has 88 valence electrons. The molecule has 0 radical (unpaired) electrons. The first kappa shape index (κ1) is 12.5. The van der Waals surface area contributed by atoms with E-state index in [2.05, 4.69) is 10.6 Å². The van der Waals surface area contributed by atoms with Gasteiger partial charge in [0, 0.05) is 38.8 Å². The van der Waals surface area contributed by atoms with E-state index in [1.807, 2.05) is 6.92 Å². The first-order valence-electron chi connectivity index (χ1n) is 5.90. The van der Waals surface area contributed by atoms with Gasteiger partial charge in [0.2, 0.25) is 5.91 Å². The van der Waals surface area contributed by atoms with Gasteiger partial charge in [-0.25, -0.2) is 0 Å². The number of rotatable bonds is 9. The summed E-state index contributed by atoms with van der Waals surface area (Å²) in [5, 5.41) is 6.19. The van der Waals surface area contributed by atoms with Crippen LogP contribution in [0.15, 0.2) is 0 Å². The minimum absolute atomic E-state index is 0.139. The van der Waals surface area contributed by atoms with Crippen LogP contribution < -0.4 is 10.6 Å². The van der Waals surface area contributed by atoms with Gasteiger partial charge in [0.15, 0.2) is 0 Å². The quantitative estimate of drug-likeness (QED) is 0.555. The smallest absolute Gasteiger partial charge is 0.221 e. The van der Waals surface area contributed by atoms with Crippen molar-refractivity contribution in [3.8, 4) is 0 Å². The fourth-order valence-electron chi connectivity index (χ4n) is 1.31. The summed E-state index contributed by atoms with van der Waals surface area (Å²) in [6.45, 7) is 4.99. The molecule has 0 aromatic carbocycles. The van der Waals surface area contributed by atoms with Crippen LogP contribution in [-0.2, 0) is 9.53 Å². The average Bonchev–Trinajstić information content (AvgIpc) is 3.01. The normalized spacial score (nSPS) is 15.3. The molecule has 1 aliphatic carbocycles. The van der Waals surface area contributed by atoms with Crippen LogP contribution in [0.5, 0.6) is 0 Å². The van der Waals surface area contributed by atoms with Crippen LogP contribution in [0.1, 0.15) is 32.6 Å². The van der Waals surface area contributed by atoms with Crippen molar-refractivity contribution >= 4 is 5.91 Å². The summed E-state index contributed by atoms with van der Waals surface area (Å²) in [5.74, 6) is 0.139. The van der Waals surface area contributed by atoms with E-state index in [9.17, 15) is 4.79 Å². The van der Waals surface area contributed by atoms with E-state index in [1.165, 1.54) is 12.8 Å². The maximum Gasteiger partial charge on any atom is 0.221 e. The van der Waals surface area contributed by atoms with Crippen molar-refractivity contribution in [1.82, 2.24) is 10.6 Å². The Kier molecular flexibility index (Phi) is 6.36. The Bertz CT molecular complexity index is 181. The molecule has 0 bridgehead atoms. The van der Waals surface area contributed by atoms with Gasteiger partial charge in [-0.15, -0.1) is 0 Å². The number of nitrogens with one attached hydrogen (secondary N) is 2. The van der Waals surface area contributed by atoms with Crippen molar-refractivity contribution in [2.45, 2.75) is 38.6 Å². The van der Waals surface area contributed by atoms with E-state index in [0.717, 1.165) is 32.7 Å². The van der Waals surface area contributed by atoms with Crippen molar-refractivity contribution < 1.29 is 9.53 Å². The number of ether oxygens (including phenoxy) is 1. The minimum atomic E-state index is 0.139. The first-order chi connectivity index (χ1) is 7.33. The van der Waals surface area contributed by atoms with Gasteiger partial charge in [0.25, 0.3) is 0 Å². The van der Waals surface area contributed by atoms with Gasteiger partial charge < -0.3 is 15.4 Å². The van der Waals surface area contributed by atoms with Gasteiger partial charge in [-0.3, -0.25) is 4.79 Å². The van der Waals surface area contributed by atoms with Gasteiger partial charge in [-0.05, 0) is 26.2 Å². The van der Waals surface area contributed by atoms with Crippen LogP contribution in [0.25, 0.3) is 0 Å². The molecule has 0 aromatic rings. The molecule has 1 amide bonds. The zero-order chi connectivity index (χ0) is 10.9. The molecule has 0 atom stereocenters. The van der Waals surface area contributed by atoms with Gasteiger partial charge in [0.05, 0.1) is 0 Å². The molecule has 0 unspecified atom stereocenters. The lowest BCUT2D eigenvalue weighted by atomic mass is 10.3. The molecule has 0 aliphatic heterocycles. The second-order valence-corrected chi connectivity index (χ2v) is 3.88. The minimum Gasteiger partial charge on any atom is -0.382 e. The fraction of sp³-hybridized carbons (Fsp3) is 0.909. The Morgan fingerprint density at radius 1 is 1.40 bits per heavy atom. The van der Waals surface area contributed by atoms with Crippen LogP contribution in [0.4, 0.5) is 0 Å². The van der Waals surface area contributed by atoms with Gasteiger partial charge in [-0.2, -0.15) is 0 Å².